The first-order chi connectivity index (χ1) is 9.75. The first-order valence-corrected chi connectivity index (χ1v) is 5.99. The summed E-state index contributed by atoms with van der Waals surface area (Å²) in [5.74, 6) is 0. The number of hydrogen-bond acceptors (Lipinski definition) is 6. The molecule has 4 rings (SSSR count). The van der Waals surface area contributed by atoms with Gasteiger partial charge in [0.2, 0.25) is 0 Å². The first kappa shape index (κ1) is 11.0. The van der Waals surface area contributed by atoms with Gasteiger partial charge < -0.3 is 9.97 Å². The van der Waals surface area contributed by atoms with Gasteiger partial charge in [0.05, 0.1) is 18.9 Å². The van der Waals surface area contributed by atoms with Gasteiger partial charge in [0.25, 0.3) is 5.56 Å². The molecule has 0 saturated carbocycles. The van der Waals surface area contributed by atoms with Crippen LogP contribution in [0.2, 0.25) is 0 Å². The van der Waals surface area contributed by atoms with Gasteiger partial charge in [-0.25, -0.2) is 19.6 Å². The van der Waals surface area contributed by atoms with E-state index in [0.29, 0.717) is 26.8 Å². The number of aromatic amines is 2. The van der Waals surface area contributed by atoms with Gasteiger partial charge in [0.15, 0.2) is 15.9 Å². The highest BCUT2D eigenvalue weighted by Crippen LogP contribution is 2.12. The van der Waals surface area contributed by atoms with Crippen LogP contribution >= 0.6 is 12.2 Å². The molecule has 4 heterocycles. The highest BCUT2D eigenvalue weighted by atomic mass is 32.1. The van der Waals surface area contributed by atoms with Crippen molar-refractivity contribution in [3.63, 3.8) is 0 Å². The van der Waals surface area contributed by atoms with E-state index in [9.17, 15) is 4.79 Å². The van der Waals surface area contributed by atoms with Crippen molar-refractivity contribution >= 4 is 34.4 Å². The Hall–Kier alpha value is -2.88. The summed E-state index contributed by atoms with van der Waals surface area (Å²) in [6, 6.07) is 0. The van der Waals surface area contributed by atoms with E-state index in [0.717, 1.165) is 0 Å². The van der Waals surface area contributed by atoms with Gasteiger partial charge >= 0.3 is 0 Å². The van der Waals surface area contributed by atoms with Crippen molar-refractivity contribution in [3.05, 3.63) is 40.2 Å². The van der Waals surface area contributed by atoms with Crippen molar-refractivity contribution in [1.82, 2.24) is 39.5 Å². The number of nitrogens with one attached hydrogen (secondary N) is 2. The van der Waals surface area contributed by atoms with Crippen LogP contribution in [0, 0.1) is 4.64 Å². The Kier molecular flexibility index (Phi) is 2.09. The molecule has 10 heteroatoms. The Morgan fingerprint density at radius 1 is 1.15 bits per heavy atom. The Morgan fingerprint density at radius 2 is 2.00 bits per heavy atom. The summed E-state index contributed by atoms with van der Waals surface area (Å²) in [5.41, 5.74) is 1.34. The Bertz CT molecular complexity index is 968. The number of hydrogen-bond donors (Lipinski definition) is 2. The minimum absolute atomic E-state index is 0.250. The lowest BCUT2D eigenvalue weighted by atomic mass is 10.4. The van der Waals surface area contributed by atoms with E-state index in [-0.39, 0.29) is 5.56 Å². The van der Waals surface area contributed by atoms with Crippen LogP contribution in [-0.4, -0.2) is 39.5 Å². The highest BCUT2D eigenvalue weighted by molar-refractivity contribution is 7.71. The highest BCUT2D eigenvalue weighted by Gasteiger charge is 2.12. The molecule has 4 aromatic rings. The predicted molar refractivity (Wildman–Crippen MR) is 71.7 cm³/mol. The van der Waals surface area contributed by atoms with Crippen molar-refractivity contribution in [2.45, 2.75) is 0 Å². The molecule has 0 radical (unpaired) electrons. The van der Waals surface area contributed by atoms with Crippen LogP contribution < -0.4 is 5.56 Å². The molecule has 20 heavy (non-hydrogen) atoms. The molecule has 0 unspecified atom stereocenters. The van der Waals surface area contributed by atoms with Crippen molar-refractivity contribution in [2.75, 3.05) is 0 Å². The predicted octanol–water partition coefficient (Wildman–Crippen LogP) is 0.233. The second-order valence-electron chi connectivity index (χ2n) is 4.00. The van der Waals surface area contributed by atoms with Crippen LogP contribution in [0.3, 0.4) is 0 Å². The summed E-state index contributed by atoms with van der Waals surface area (Å²) in [6.07, 6.45) is 5.79. The maximum atomic E-state index is 11.7. The number of nitrogens with zero attached hydrogens (tertiary/aromatic N) is 6. The van der Waals surface area contributed by atoms with E-state index in [2.05, 4.69) is 30.0 Å². The zero-order valence-corrected chi connectivity index (χ0v) is 10.6. The summed E-state index contributed by atoms with van der Waals surface area (Å²) in [4.78, 5) is 30.9. The van der Waals surface area contributed by atoms with Crippen LogP contribution in [0.15, 0.2) is 30.0 Å². The number of aromatic nitrogens is 8. The van der Waals surface area contributed by atoms with Crippen LogP contribution in [0.5, 0.6) is 0 Å². The largest absolute Gasteiger partial charge is 0.329 e. The minimum Gasteiger partial charge on any atom is -0.329 e. The van der Waals surface area contributed by atoms with E-state index in [1.807, 2.05) is 0 Å². The smallest absolute Gasteiger partial charge is 0.261 e. The monoisotopic (exact) mass is 286 g/mol. The molecule has 0 aliphatic rings. The molecule has 0 aliphatic carbocycles. The lowest BCUT2D eigenvalue weighted by Crippen LogP contribution is -2.13. The van der Waals surface area contributed by atoms with E-state index >= 15 is 0 Å². The summed E-state index contributed by atoms with van der Waals surface area (Å²) in [5, 5.41) is 4.55. The standard InChI is InChI=1S/C10H6N8OS/c19-9-5-1-16-18(7(5)11-2-13-9)17-4-15-6-8(17)12-3-14-10(6)20/h1-4H,(H,11,13,19)(H,12,14,20). The zero-order valence-electron chi connectivity index (χ0n) is 9.81. The van der Waals surface area contributed by atoms with Crippen molar-refractivity contribution in [1.29, 1.82) is 0 Å². The van der Waals surface area contributed by atoms with Gasteiger partial charge in [-0.05, 0) is 0 Å². The van der Waals surface area contributed by atoms with Gasteiger partial charge in [-0.15, -0.1) is 4.79 Å². The van der Waals surface area contributed by atoms with Crippen molar-refractivity contribution in [3.8, 4) is 0 Å². The quantitative estimate of drug-likeness (QED) is 0.485. The van der Waals surface area contributed by atoms with Crippen molar-refractivity contribution in [2.24, 2.45) is 0 Å². The second kappa shape index (κ2) is 3.81. The van der Waals surface area contributed by atoms with Gasteiger partial charge in [-0.2, -0.15) is 5.10 Å². The van der Waals surface area contributed by atoms with Gasteiger partial charge in [0.1, 0.15) is 17.2 Å². The average molecular weight is 286 g/mol. The summed E-state index contributed by atoms with van der Waals surface area (Å²) >= 11 is 5.11. The molecule has 0 aromatic carbocycles. The lowest BCUT2D eigenvalue weighted by molar-refractivity contribution is 0.602. The average Bonchev–Trinajstić information content (AvgIpc) is 3.03. The topological polar surface area (TPSA) is 110 Å². The molecule has 0 fully saturated rings. The fourth-order valence-electron chi connectivity index (χ4n) is 1.99. The summed E-state index contributed by atoms with van der Waals surface area (Å²) < 4.78 is 2.00. The zero-order chi connectivity index (χ0) is 13.7. The molecule has 0 atom stereocenters. The Morgan fingerprint density at radius 3 is 2.90 bits per heavy atom. The Balaban J connectivity index is 2.12. The molecule has 98 valence electrons. The van der Waals surface area contributed by atoms with Gasteiger partial charge in [0, 0.05) is 0 Å². The molecule has 0 bridgehead atoms. The molecule has 0 spiro atoms. The number of fused-ring (bicyclic) bond motifs is 2. The molecular formula is C10H6N8OS. The van der Waals surface area contributed by atoms with Crippen LogP contribution in [0.25, 0.3) is 22.2 Å². The SMILES string of the molecule is O=c1[nH]cnc2c1cnn2-n1cnc2c(=S)nc[nH]c21. The number of rotatable bonds is 1. The third-order valence-electron chi connectivity index (χ3n) is 2.89. The molecular weight excluding hydrogens is 280 g/mol. The molecule has 2 N–H and O–H groups in total. The normalized spacial score (nSPS) is 11.4. The third kappa shape index (κ3) is 1.36. The first-order valence-electron chi connectivity index (χ1n) is 5.58. The fourth-order valence-corrected chi connectivity index (χ4v) is 2.19. The second-order valence-corrected chi connectivity index (χ2v) is 4.38. The van der Waals surface area contributed by atoms with Crippen LogP contribution in [-0.2, 0) is 0 Å². The van der Waals surface area contributed by atoms with E-state index in [1.165, 1.54) is 30.0 Å². The lowest BCUT2D eigenvalue weighted by Gasteiger charge is -2.03. The Labute approximate surface area is 114 Å². The van der Waals surface area contributed by atoms with Crippen molar-refractivity contribution < 1.29 is 0 Å². The maximum absolute atomic E-state index is 11.7. The van der Waals surface area contributed by atoms with Crippen LogP contribution in [0.4, 0.5) is 0 Å². The molecule has 9 nitrogen and oxygen atoms in total. The maximum Gasteiger partial charge on any atom is 0.261 e. The number of H-pyrrole nitrogens is 2. The fraction of sp³-hybridized carbons (Fsp3) is 0. The molecule has 0 amide bonds. The van der Waals surface area contributed by atoms with E-state index in [1.54, 1.807) is 4.68 Å². The summed E-state index contributed by atoms with van der Waals surface area (Å²) in [6.45, 7) is 0. The van der Waals surface area contributed by atoms with Crippen LogP contribution in [0.1, 0.15) is 0 Å². The molecule has 4 aromatic heterocycles. The third-order valence-corrected chi connectivity index (χ3v) is 3.19. The molecule has 0 saturated heterocycles. The molecule has 0 aliphatic heterocycles. The number of imidazole rings is 1. The van der Waals surface area contributed by atoms with E-state index < -0.39 is 0 Å². The minimum atomic E-state index is -0.250. The summed E-state index contributed by atoms with van der Waals surface area (Å²) in [7, 11) is 0. The van der Waals surface area contributed by atoms with Gasteiger partial charge in [-0.3, -0.25) is 4.79 Å². The van der Waals surface area contributed by atoms with Gasteiger partial charge in [-0.1, -0.05) is 12.2 Å². The van der Waals surface area contributed by atoms with E-state index in [4.69, 9.17) is 12.2 Å².